The van der Waals surface area contributed by atoms with Gasteiger partial charge < -0.3 is 10.5 Å². The summed E-state index contributed by atoms with van der Waals surface area (Å²) in [5.74, 6) is 1.20. The molecule has 5 nitrogen and oxygen atoms in total. The summed E-state index contributed by atoms with van der Waals surface area (Å²) in [5.41, 5.74) is 6.45. The van der Waals surface area contributed by atoms with Crippen LogP contribution in [0.2, 0.25) is 0 Å². The van der Waals surface area contributed by atoms with Crippen LogP contribution >= 0.6 is 11.8 Å². The molecule has 1 aromatic rings. The van der Waals surface area contributed by atoms with Crippen LogP contribution in [0.3, 0.4) is 0 Å². The van der Waals surface area contributed by atoms with Gasteiger partial charge in [-0.15, -0.1) is 0 Å². The fourth-order valence-electron chi connectivity index (χ4n) is 2.35. The zero-order valence-electron chi connectivity index (χ0n) is 12.4. The largest absolute Gasteiger partial charge is 0.495 e. The Balaban J connectivity index is 2.35. The molecule has 1 unspecified atom stereocenters. The zero-order valence-corrected chi connectivity index (χ0v) is 14.0. The van der Waals surface area contributed by atoms with E-state index >= 15 is 0 Å². The normalized spacial score (nSPS) is 20.4. The van der Waals surface area contributed by atoms with Crippen LogP contribution in [0.25, 0.3) is 0 Å². The molecular weight excluding hydrogens is 308 g/mol. The van der Waals surface area contributed by atoms with E-state index in [1.165, 1.54) is 7.11 Å². The van der Waals surface area contributed by atoms with Gasteiger partial charge in [-0.2, -0.15) is 16.1 Å². The highest BCUT2D eigenvalue weighted by atomic mass is 32.2. The van der Waals surface area contributed by atoms with E-state index < -0.39 is 10.0 Å². The number of benzene rings is 1. The Labute approximate surface area is 130 Å². The summed E-state index contributed by atoms with van der Waals surface area (Å²) in [6, 6.07) is 5.04. The number of nitrogens with zero attached hydrogens (tertiary/aromatic N) is 1. The lowest BCUT2D eigenvalue weighted by Gasteiger charge is -2.31. The molecule has 0 radical (unpaired) electrons. The van der Waals surface area contributed by atoms with E-state index in [4.69, 9.17) is 10.5 Å². The van der Waals surface area contributed by atoms with Gasteiger partial charge in [-0.1, -0.05) is 13.0 Å². The van der Waals surface area contributed by atoms with Gasteiger partial charge in [0.15, 0.2) is 0 Å². The topological polar surface area (TPSA) is 72.6 Å². The minimum Gasteiger partial charge on any atom is -0.495 e. The molecule has 0 saturated carbocycles. The van der Waals surface area contributed by atoms with Crippen molar-refractivity contribution >= 4 is 21.8 Å². The van der Waals surface area contributed by atoms with Crippen molar-refractivity contribution in [2.75, 3.05) is 26.0 Å². The quantitative estimate of drug-likeness (QED) is 0.889. The third-order valence-electron chi connectivity index (χ3n) is 3.64. The van der Waals surface area contributed by atoms with Crippen LogP contribution in [0, 0.1) is 0 Å². The van der Waals surface area contributed by atoms with Crippen molar-refractivity contribution in [3.63, 3.8) is 0 Å². The molecule has 1 aromatic carbocycles. The summed E-state index contributed by atoms with van der Waals surface area (Å²) in [6.07, 6.45) is 0.972. The van der Waals surface area contributed by atoms with Crippen LogP contribution in [0.1, 0.15) is 18.9 Å². The van der Waals surface area contributed by atoms with Gasteiger partial charge in [0.2, 0.25) is 10.0 Å². The SMILES string of the molecule is CCC1CN(S(=O)(=O)c2ccc(CN)cc2OC)CCS1. The smallest absolute Gasteiger partial charge is 0.246 e. The standard InChI is InChI=1S/C14H22N2O3S2/c1-3-12-10-16(6-7-20-12)21(17,18)14-5-4-11(9-15)8-13(14)19-2/h4-5,8,12H,3,6-7,9-10,15H2,1-2H3. The molecule has 2 N–H and O–H groups in total. The second-order valence-electron chi connectivity index (χ2n) is 4.95. The fourth-order valence-corrected chi connectivity index (χ4v) is 5.36. The summed E-state index contributed by atoms with van der Waals surface area (Å²) >= 11 is 1.84. The average Bonchev–Trinajstić information content (AvgIpc) is 2.54. The van der Waals surface area contributed by atoms with Crippen LogP contribution in [0.4, 0.5) is 0 Å². The summed E-state index contributed by atoms with van der Waals surface area (Å²) < 4.78 is 32.5. The van der Waals surface area contributed by atoms with E-state index in [-0.39, 0.29) is 4.90 Å². The highest BCUT2D eigenvalue weighted by Gasteiger charge is 2.32. The van der Waals surface area contributed by atoms with Gasteiger partial charge in [0.25, 0.3) is 0 Å². The predicted molar refractivity (Wildman–Crippen MR) is 86.2 cm³/mol. The summed E-state index contributed by atoms with van der Waals surface area (Å²) in [4.78, 5) is 0.226. The van der Waals surface area contributed by atoms with E-state index in [9.17, 15) is 8.42 Å². The lowest BCUT2D eigenvalue weighted by atomic mass is 10.2. The molecule has 1 aliphatic heterocycles. The molecular formula is C14H22N2O3S2. The number of thioether (sulfide) groups is 1. The Bertz CT molecular complexity index is 590. The first-order valence-corrected chi connectivity index (χ1v) is 9.50. The number of methoxy groups -OCH3 is 1. The van der Waals surface area contributed by atoms with E-state index in [2.05, 4.69) is 6.92 Å². The van der Waals surface area contributed by atoms with Gasteiger partial charge in [0, 0.05) is 30.6 Å². The van der Waals surface area contributed by atoms with Crippen molar-refractivity contribution in [1.29, 1.82) is 0 Å². The first-order chi connectivity index (χ1) is 10.0. The Morgan fingerprint density at radius 1 is 1.48 bits per heavy atom. The molecule has 0 amide bonds. The lowest BCUT2D eigenvalue weighted by Crippen LogP contribution is -2.41. The fraction of sp³-hybridized carbons (Fsp3) is 0.571. The Kier molecular flexibility index (Phi) is 5.54. The van der Waals surface area contributed by atoms with Crippen LogP contribution in [0.15, 0.2) is 23.1 Å². The minimum absolute atomic E-state index is 0.226. The van der Waals surface area contributed by atoms with Crippen molar-refractivity contribution in [2.24, 2.45) is 5.73 Å². The molecule has 1 aliphatic rings. The average molecular weight is 330 g/mol. The molecule has 118 valence electrons. The molecule has 1 atom stereocenters. The van der Waals surface area contributed by atoms with Crippen LogP contribution in [0.5, 0.6) is 5.75 Å². The third-order valence-corrected chi connectivity index (χ3v) is 6.92. The van der Waals surface area contributed by atoms with Crippen molar-refractivity contribution in [3.05, 3.63) is 23.8 Å². The molecule has 1 fully saturated rings. The van der Waals surface area contributed by atoms with Gasteiger partial charge in [0.1, 0.15) is 10.6 Å². The number of rotatable bonds is 5. The zero-order chi connectivity index (χ0) is 15.5. The number of hydrogen-bond acceptors (Lipinski definition) is 5. The number of nitrogens with two attached hydrogens (primary N) is 1. The van der Waals surface area contributed by atoms with Gasteiger partial charge >= 0.3 is 0 Å². The predicted octanol–water partition coefficient (Wildman–Crippen LogP) is 1.67. The Morgan fingerprint density at radius 2 is 2.24 bits per heavy atom. The molecule has 0 aliphatic carbocycles. The molecule has 21 heavy (non-hydrogen) atoms. The highest BCUT2D eigenvalue weighted by molar-refractivity contribution is 8.00. The molecule has 1 heterocycles. The van der Waals surface area contributed by atoms with Gasteiger partial charge in [-0.3, -0.25) is 0 Å². The molecule has 1 saturated heterocycles. The second kappa shape index (κ2) is 7.00. The summed E-state index contributed by atoms with van der Waals surface area (Å²) in [6.45, 7) is 3.55. The van der Waals surface area contributed by atoms with Gasteiger partial charge in [-0.25, -0.2) is 8.42 Å². The second-order valence-corrected chi connectivity index (χ2v) is 8.27. The van der Waals surface area contributed by atoms with Crippen LogP contribution in [-0.2, 0) is 16.6 Å². The number of sulfonamides is 1. The highest BCUT2D eigenvalue weighted by Crippen LogP contribution is 2.31. The third kappa shape index (κ3) is 3.53. The van der Waals surface area contributed by atoms with Crippen molar-refractivity contribution in [3.8, 4) is 5.75 Å². The molecule has 0 bridgehead atoms. The van der Waals surface area contributed by atoms with Crippen molar-refractivity contribution < 1.29 is 13.2 Å². The van der Waals surface area contributed by atoms with Gasteiger partial charge in [-0.05, 0) is 24.1 Å². The van der Waals surface area contributed by atoms with Gasteiger partial charge in [0.05, 0.1) is 7.11 Å². The van der Waals surface area contributed by atoms with E-state index in [0.29, 0.717) is 30.6 Å². The number of ether oxygens (including phenoxy) is 1. The van der Waals surface area contributed by atoms with E-state index in [1.807, 2.05) is 11.8 Å². The first-order valence-electron chi connectivity index (χ1n) is 7.01. The van der Waals surface area contributed by atoms with Crippen molar-refractivity contribution in [1.82, 2.24) is 4.31 Å². The monoisotopic (exact) mass is 330 g/mol. The number of hydrogen-bond donors (Lipinski definition) is 1. The minimum atomic E-state index is -3.52. The molecule has 7 heteroatoms. The van der Waals surface area contributed by atoms with E-state index in [1.54, 1.807) is 22.5 Å². The lowest BCUT2D eigenvalue weighted by molar-refractivity contribution is 0.389. The van der Waals surface area contributed by atoms with Crippen molar-refractivity contribution in [2.45, 2.75) is 30.0 Å². The van der Waals surface area contributed by atoms with Crippen LogP contribution in [-0.4, -0.2) is 43.9 Å². The maximum atomic E-state index is 12.8. The molecule has 0 spiro atoms. The molecule has 0 aromatic heterocycles. The summed E-state index contributed by atoms with van der Waals surface area (Å²) in [7, 11) is -2.04. The summed E-state index contributed by atoms with van der Waals surface area (Å²) in [5, 5.41) is 0.364. The maximum absolute atomic E-state index is 12.8. The Morgan fingerprint density at radius 3 is 2.86 bits per heavy atom. The van der Waals surface area contributed by atoms with Crippen LogP contribution < -0.4 is 10.5 Å². The first kappa shape index (κ1) is 16.6. The maximum Gasteiger partial charge on any atom is 0.246 e. The Hall–Kier alpha value is -0.760. The van der Waals surface area contributed by atoms with E-state index in [0.717, 1.165) is 17.7 Å². The molecule has 2 rings (SSSR count).